The van der Waals surface area contributed by atoms with Crippen LogP contribution in [0.25, 0.3) is 10.9 Å². The number of esters is 1. The summed E-state index contributed by atoms with van der Waals surface area (Å²) >= 11 is 0. The van der Waals surface area contributed by atoms with Crippen LogP contribution >= 0.6 is 0 Å². The first-order valence-electron chi connectivity index (χ1n) is 12.5. The zero-order chi connectivity index (χ0) is 30.8. The Bertz CT molecular complexity index is 1280. The molecule has 0 saturated heterocycles. The van der Waals surface area contributed by atoms with E-state index in [2.05, 4.69) is 0 Å². The molecule has 0 saturated carbocycles. The molecule has 0 aliphatic carbocycles. The van der Waals surface area contributed by atoms with Crippen molar-refractivity contribution in [2.45, 2.75) is 91.6 Å². The number of nitro benzene ring substituents is 1. The van der Waals surface area contributed by atoms with Gasteiger partial charge in [0.05, 0.1) is 17.5 Å². The van der Waals surface area contributed by atoms with Gasteiger partial charge in [-0.3, -0.25) is 14.7 Å². The average molecular weight is 564 g/mol. The zero-order valence-corrected chi connectivity index (χ0v) is 24.5. The first kappa shape index (κ1) is 32.1. The van der Waals surface area contributed by atoms with Gasteiger partial charge in [-0.2, -0.15) is 4.90 Å². The van der Waals surface area contributed by atoms with Gasteiger partial charge in [0.15, 0.2) is 0 Å². The lowest BCUT2D eigenvalue weighted by molar-refractivity contribution is -0.384. The fourth-order valence-electron chi connectivity index (χ4n) is 3.60. The summed E-state index contributed by atoms with van der Waals surface area (Å²) in [5, 5.41) is 11.8. The fourth-order valence-corrected chi connectivity index (χ4v) is 3.60. The predicted octanol–water partition coefficient (Wildman–Crippen LogP) is 5.59. The van der Waals surface area contributed by atoms with Crippen LogP contribution < -0.4 is 0 Å². The van der Waals surface area contributed by atoms with E-state index >= 15 is 0 Å². The van der Waals surface area contributed by atoms with E-state index in [0.29, 0.717) is 15.8 Å². The molecule has 2 rings (SSSR count). The van der Waals surface area contributed by atoms with Gasteiger partial charge >= 0.3 is 24.2 Å². The quantitative estimate of drug-likeness (QED) is 0.194. The van der Waals surface area contributed by atoms with E-state index < -0.39 is 52.0 Å². The molecule has 13 nitrogen and oxygen atoms in total. The number of methoxy groups -OCH3 is 1. The number of non-ortho nitro benzene ring substituents is 1. The number of nitrogens with zero attached hydrogens (tertiary/aromatic N) is 3. The zero-order valence-electron chi connectivity index (χ0n) is 24.5. The molecule has 1 aromatic carbocycles. The highest BCUT2D eigenvalue weighted by molar-refractivity contribution is 5.96. The van der Waals surface area contributed by atoms with E-state index in [1.165, 1.54) is 24.4 Å². The Kier molecular flexibility index (Phi) is 9.23. The molecule has 0 aliphatic rings. The maximum absolute atomic E-state index is 13.2. The number of aromatic nitrogens is 1. The van der Waals surface area contributed by atoms with Crippen molar-refractivity contribution in [3.8, 4) is 0 Å². The molecule has 0 N–H and O–H groups in total. The minimum atomic E-state index is -1.58. The molecule has 13 heteroatoms. The number of amides is 2. The number of fused-ring (bicyclic) bond motifs is 1. The van der Waals surface area contributed by atoms with E-state index in [4.69, 9.17) is 18.9 Å². The summed E-state index contributed by atoms with van der Waals surface area (Å²) in [5.41, 5.74) is -2.79. The smallest absolute Gasteiger partial charge is 0.420 e. The van der Waals surface area contributed by atoms with Crippen LogP contribution in [-0.2, 0) is 30.2 Å². The summed E-state index contributed by atoms with van der Waals surface area (Å²) in [5.74, 6) is -0.961. The van der Waals surface area contributed by atoms with Crippen molar-refractivity contribution in [1.82, 2.24) is 9.47 Å². The number of imide groups is 1. The van der Waals surface area contributed by atoms with Crippen LogP contribution in [0.1, 0.15) is 67.9 Å². The Morgan fingerprint density at radius 1 is 0.900 bits per heavy atom. The fraction of sp³-hybridized carbons (Fsp3) is 0.556. The monoisotopic (exact) mass is 563 g/mol. The lowest BCUT2D eigenvalue weighted by atomic mass is 10.0. The van der Waals surface area contributed by atoms with Crippen LogP contribution in [0.4, 0.5) is 20.1 Å². The Balaban J connectivity index is 2.73. The molecule has 0 fully saturated rings. The highest BCUT2D eigenvalue weighted by atomic mass is 16.6. The van der Waals surface area contributed by atoms with Gasteiger partial charge in [-0.25, -0.2) is 19.2 Å². The van der Waals surface area contributed by atoms with E-state index in [-0.39, 0.29) is 17.6 Å². The van der Waals surface area contributed by atoms with Crippen LogP contribution in [0.5, 0.6) is 0 Å². The molecule has 0 spiro atoms. The maximum Gasteiger partial charge on any atom is 0.420 e. The summed E-state index contributed by atoms with van der Waals surface area (Å²) in [6, 6.07) is 2.25. The third-order valence-corrected chi connectivity index (χ3v) is 5.05. The maximum atomic E-state index is 13.2. The number of carbonyl (C=O) groups is 4. The van der Waals surface area contributed by atoms with Crippen molar-refractivity contribution < 1.29 is 43.0 Å². The van der Waals surface area contributed by atoms with E-state index in [9.17, 15) is 29.3 Å². The molecule has 1 aromatic heterocycles. The van der Waals surface area contributed by atoms with Gasteiger partial charge in [0.2, 0.25) is 0 Å². The average Bonchev–Trinajstić information content (AvgIpc) is 3.12. The lowest BCUT2D eigenvalue weighted by Gasteiger charge is -2.32. The molecule has 2 amide bonds. The Hall–Kier alpha value is -4.16. The van der Waals surface area contributed by atoms with Gasteiger partial charge in [0, 0.05) is 30.1 Å². The SMILES string of the molecule is COC(=O)[C@@H](Cc1cn(C(=O)OC(C)(C)C)c2cc([N+](=O)[O-])ccc12)N(C(=O)OC(C)(C)C)C(=O)OC(C)(C)C. The topological polar surface area (TPSA) is 157 Å². The lowest BCUT2D eigenvalue weighted by Crippen LogP contribution is -2.53. The molecular weight excluding hydrogens is 526 g/mol. The van der Waals surface area contributed by atoms with Crippen LogP contribution in [0.3, 0.4) is 0 Å². The number of hydrogen-bond donors (Lipinski definition) is 0. The van der Waals surface area contributed by atoms with Crippen molar-refractivity contribution in [3.63, 3.8) is 0 Å². The number of nitro groups is 1. The Morgan fingerprint density at radius 3 is 1.82 bits per heavy atom. The van der Waals surface area contributed by atoms with Crippen LogP contribution in [0.15, 0.2) is 24.4 Å². The number of hydrogen-bond acceptors (Lipinski definition) is 10. The highest BCUT2D eigenvalue weighted by Crippen LogP contribution is 2.29. The largest absolute Gasteiger partial charge is 0.467 e. The molecule has 0 radical (unpaired) electrons. The summed E-state index contributed by atoms with van der Waals surface area (Å²) in [4.78, 5) is 63.9. The summed E-state index contributed by atoms with van der Waals surface area (Å²) in [7, 11) is 1.09. The normalized spacial score (nSPS) is 12.8. The molecule has 40 heavy (non-hydrogen) atoms. The van der Waals surface area contributed by atoms with Crippen molar-refractivity contribution in [2.75, 3.05) is 7.11 Å². The van der Waals surface area contributed by atoms with Crippen LogP contribution in [-0.4, -0.2) is 68.6 Å². The van der Waals surface area contributed by atoms with Crippen molar-refractivity contribution in [1.29, 1.82) is 0 Å². The third-order valence-electron chi connectivity index (χ3n) is 5.05. The number of benzene rings is 1. The number of carbonyl (C=O) groups excluding carboxylic acids is 4. The third kappa shape index (κ3) is 8.42. The van der Waals surface area contributed by atoms with Crippen LogP contribution in [0.2, 0.25) is 0 Å². The molecule has 1 heterocycles. The molecular formula is C27H37N3O10. The van der Waals surface area contributed by atoms with Gasteiger partial charge in [-0.1, -0.05) is 0 Å². The summed E-state index contributed by atoms with van der Waals surface area (Å²) < 4.78 is 22.3. The van der Waals surface area contributed by atoms with E-state index in [0.717, 1.165) is 11.7 Å². The van der Waals surface area contributed by atoms with Gasteiger partial charge < -0.3 is 18.9 Å². The minimum Gasteiger partial charge on any atom is -0.467 e. The Labute approximate surface area is 232 Å². The highest BCUT2D eigenvalue weighted by Gasteiger charge is 2.41. The molecule has 1 atom stereocenters. The van der Waals surface area contributed by atoms with Crippen LogP contribution in [0, 0.1) is 10.1 Å². The predicted molar refractivity (Wildman–Crippen MR) is 144 cm³/mol. The molecule has 0 bridgehead atoms. The number of ether oxygens (including phenoxy) is 4. The second kappa shape index (κ2) is 11.5. The Morgan fingerprint density at radius 2 is 1.40 bits per heavy atom. The first-order valence-corrected chi connectivity index (χ1v) is 12.5. The van der Waals surface area contributed by atoms with Crippen molar-refractivity contribution in [3.05, 3.63) is 40.1 Å². The first-order chi connectivity index (χ1) is 18.1. The molecule has 2 aromatic rings. The second-order valence-electron chi connectivity index (χ2n) is 12.0. The van der Waals surface area contributed by atoms with Gasteiger partial charge in [0.1, 0.15) is 22.8 Å². The van der Waals surface area contributed by atoms with E-state index in [1.54, 1.807) is 62.3 Å². The van der Waals surface area contributed by atoms with Gasteiger partial charge in [-0.05, 0) is 73.9 Å². The standard InChI is InChI=1S/C27H37N3O10/c1-25(2,3)38-22(32)28-15-16(18-12-11-17(30(35)36)14-19(18)28)13-20(21(31)37-10)29(23(33)39-26(4,5)6)24(34)40-27(7,8)9/h11-12,14-15,20H,13H2,1-10H3/t20-/m1/s1. The minimum absolute atomic E-state index is 0.128. The summed E-state index contributed by atoms with van der Waals surface area (Å²) in [6.07, 6.45) is -2.13. The van der Waals surface area contributed by atoms with Crippen molar-refractivity contribution in [2.24, 2.45) is 0 Å². The molecule has 0 aliphatic heterocycles. The van der Waals surface area contributed by atoms with Crippen molar-refractivity contribution >= 4 is 40.8 Å². The second-order valence-corrected chi connectivity index (χ2v) is 12.0. The van der Waals surface area contributed by atoms with E-state index in [1.807, 2.05) is 0 Å². The molecule has 0 unspecified atom stereocenters. The van der Waals surface area contributed by atoms with Gasteiger partial charge in [-0.15, -0.1) is 0 Å². The molecule has 220 valence electrons. The number of rotatable bonds is 5. The van der Waals surface area contributed by atoms with Gasteiger partial charge in [0.25, 0.3) is 5.69 Å². The summed E-state index contributed by atoms with van der Waals surface area (Å²) in [6.45, 7) is 14.5.